The monoisotopic (exact) mass is 490 g/mol. The molecule has 34 heavy (non-hydrogen) atoms. The first-order valence-electron chi connectivity index (χ1n) is 10.7. The smallest absolute Gasteiger partial charge is 0.399 e. The van der Waals surface area contributed by atoms with Crippen LogP contribution in [0.4, 0.5) is 30.4 Å². The first kappa shape index (κ1) is 23.9. The SMILES string of the molecule is CNc1cc2c(N[C@H](C)c3cc(N)cc(C(F)(F)F)c3)nc(C)nc2cc1C(=O)N1CCSC1. The largest absolute Gasteiger partial charge is 0.416 e. The van der Waals surface area contributed by atoms with Gasteiger partial charge in [-0.05, 0) is 49.7 Å². The molecule has 1 aliphatic heterocycles. The Morgan fingerprint density at radius 2 is 1.97 bits per heavy atom. The second-order valence-electron chi connectivity index (χ2n) is 8.14. The molecule has 0 unspecified atom stereocenters. The lowest BCUT2D eigenvalue weighted by Gasteiger charge is -2.20. The molecule has 1 aromatic heterocycles. The van der Waals surface area contributed by atoms with Crippen LogP contribution in [0.1, 0.15) is 40.3 Å². The van der Waals surface area contributed by atoms with Gasteiger partial charge in [-0.1, -0.05) is 0 Å². The molecule has 0 radical (unpaired) electrons. The van der Waals surface area contributed by atoms with Gasteiger partial charge in [0.25, 0.3) is 5.91 Å². The van der Waals surface area contributed by atoms with Crippen LogP contribution in [0, 0.1) is 6.92 Å². The molecule has 0 bridgehead atoms. The summed E-state index contributed by atoms with van der Waals surface area (Å²) in [4.78, 5) is 23.8. The van der Waals surface area contributed by atoms with Crippen LogP contribution < -0.4 is 16.4 Å². The fourth-order valence-electron chi connectivity index (χ4n) is 3.91. The van der Waals surface area contributed by atoms with Crippen LogP contribution in [0.2, 0.25) is 0 Å². The lowest BCUT2D eigenvalue weighted by atomic mass is 10.0. The van der Waals surface area contributed by atoms with Gasteiger partial charge >= 0.3 is 6.18 Å². The number of benzene rings is 2. The van der Waals surface area contributed by atoms with Crippen LogP contribution in [0.25, 0.3) is 10.9 Å². The number of nitrogens with one attached hydrogen (secondary N) is 2. The Morgan fingerprint density at radius 1 is 1.21 bits per heavy atom. The maximum absolute atomic E-state index is 13.3. The number of amides is 1. The zero-order chi connectivity index (χ0) is 24.6. The van der Waals surface area contributed by atoms with Gasteiger partial charge in [-0.2, -0.15) is 13.2 Å². The van der Waals surface area contributed by atoms with Gasteiger partial charge in [-0.15, -0.1) is 11.8 Å². The first-order chi connectivity index (χ1) is 16.1. The topological polar surface area (TPSA) is 96.2 Å². The maximum Gasteiger partial charge on any atom is 0.416 e. The molecule has 2 heterocycles. The minimum absolute atomic E-state index is 0.0305. The Labute approximate surface area is 199 Å². The summed E-state index contributed by atoms with van der Waals surface area (Å²) in [6.45, 7) is 4.15. The fraction of sp³-hybridized carbons (Fsp3) is 0.348. The normalized spacial score (nSPS) is 14.9. The van der Waals surface area contributed by atoms with Crippen molar-refractivity contribution in [3.63, 3.8) is 0 Å². The molecule has 7 nitrogen and oxygen atoms in total. The lowest BCUT2D eigenvalue weighted by molar-refractivity contribution is -0.137. The number of nitrogen functional groups attached to an aromatic ring is 1. The molecule has 4 N–H and O–H groups in total. The van der Waals surface area contributed by atoms with Crippen molar-refractivity contribution in [2.45, 2.75) is 26.1 Å². The van der Waals surface area contributed by atoms with Crippen LogP contribution in [0.5, 0.6) is 0 Å². The van der Waals surface area contributed by atoms with Gasteiger partial charge in [0.2, 0.25) is 0 Å². The molecule has 1 saturated heterocycles. The number of carbonyl (C=O) groups excluding carboxylic acids is 1. The number of hydrogen-bond donors (Lipinski definition) is 3. The van der Waals surface area contributed by atoms with E-state index in [9.17, 15) is 18.0 Å². The Bertz CT molecular complexity index is 1240. The van der Waals surface area contributed by atoms with E-state index in [1.807, 2.05) is 0 Å². The number of fused-ring (bicyclic) bond motifs is 1. The zero-order valence-corrected chi connectivity index (χ0v) is 19.8. The van der Waals surface area contributed by atoms with Crippen molar-refractivity contribution in [1.82, 2.24) is 14.9 Å². The highest BCUT2D eigenvalue weighted by molar-refractivity contribution is 7.99. The van der Waals surface area contributed by atoms with E-state index in [1.165, 1.54) is 6.07 Å². The van der Waals surface area contributed by atoms with Crippen LogP contribution >= 0.6 is 11.8 Å². The van der Waals surface area contributed by atoms with Crippen molar-refractivity contribution in [2.24, 2.45) is 0 Å². The highest BCUT2D eigenvalue weighted by atomic mass is 32.2. The number of nitrogens with zero attached hydrogens (tertiary/aromatic N) is 3. The summed E-state index contributed by atoms with van der Waals surface area (Å²) < 4.78 is 39.8. The van der Waals surface area contributed by atoms with Crippen LogP contribution in [-0.4, -0.2) is 46.0 Å². The molecule has 0 spiro atoms. The number of carbonyl (C=O) groups is 1. The summed E-state index contributed by atoms with van der Waals surface area (Å²) in [5, 5.41) is 6.92. The molecule has 1 aliphatic rings. The second kappa shape index (κ2) is 9.21. The quantitative estimate of drug-likeness (QED) is 0.438. The summed E-state index contributed by atoms with van der Waals surface area (Å²) in [5.74, 6) is 2.40. The van der Waals surface area contributed by atoms with Crippen LogP contribution in [0.15, 0.2) is 30.3 Å². The van der Waals surface area contributed by atoms with Crippen molar-refractivity contribution in [1.29, 1.82) is 0 Å². The molecule has 2 aromatic carbocycles. The Morgan fingerprint density at radius 3 is 2.62 bits per heavy atom. The van der Waals surface area contributed by atoms with E-state index in [0.717, 1.165) is 17.9 Å². The van der Waals surface area contributed by atoms with Crippen LogP contribution in [-0.2, 0) is 6.18 Å². The number of nitrogens with two attached hydrogens (primary N) is 1. The Kier molecular flexibility index (Phi) is 6.48. The average Bonchev–Trinajstić information content (AvgIpc) is 3.31. The van der Waals surface area contributed by atoms with E-state index >= 15 is 0 Å². The number of hydrogen-bond acceptors (Lipinski definition) is 7. The van der Waals surface area contributed by atoms with Crippen molar-refractivity contribution in [3.05, 3.63) is 52.8 Å². The summed E-state index contributed by atoms with van der Waals surface area (Å²) in [6.07, 6.45) is -4.50. The third kappa shape index (κ3) is 4.84. The van der Waals surface area contributed by atoms with E-state index in [4.69, 9.17) is 5.73 Å². The number of alkyl halides is 3. The standard InChI is InChI=1S/C23H25F3N6OS/c1-12(14-6-15(23(24,25)26)8-16(27)7-14)29-21-17-9-19(28-3)18(10-20(17)30-13(2)31-21)22(33)32-4-5-34-11-32/h6-10,12,28H,4-5,11,27H2,1-3H3,(H,29,30,31)/t12-/m1/s1. The highest BCUT2D eigenvalue weighted by Gasteiger charge is 2.31. The van der Waals surface area contributed by atoms with Gasteiger partial charge in [0.15, 0.2) is 0 Å². The maximum atomic E-state index is 13.3. The van der Waals surface area contributed by atoms with E-state index in [0.29, 0.717) is 51.8 Å². The van der Waals surface area contributed by atoms with E-state index in [2.05, 4.69) is 20.6 Å². The molecule has 1 atom stereocenters. The molecule has 4 rings (SSSR count). The number of thioether (sulfide) groups is 1. The number of anilines is 3. The van der Waals surface area contributed by atoms with E-state index in [-0.39, 0.29) is 11.6 Å². The molecule has 180 valence electrons. The fourth-order valence-corrected chi connectivity index (χ4v) is 4.85. The predicted octanol–water partition coefficient (Wildman–Crippen LogP) is 4.90. The lowest BCUT2D eigenvalue weighted by Crippen LogP contribution is -2.28. The van der Waals surface area contributed by atoms with Gasteiger partial charge < -0.3 is 21.3 Å². The first-order valence-corrected chi connectivity index (χ1v) is 11.8. The predicted molar refractivity (Wildman–Crippen MR) is 130 cm³/mol. The molecule has 1 fully saturated rings. The molecule has 3 aromatic rings. The average molecular weight is 491 g/mol. The second-order valence-corrected chi connectivity index (χ2v) is 9.22. The number of halogens is 3. The van der Waals surface area contributed by atoms with Crippen molar-refractivity contribution in [3.8, 4) is 0 Å². The Hall–Kier alpha value is -3.21. The molecule has 11 heteroatoms. The van der Waals surface area contributed by atoms with Gasteiger partial charge in [-0.25, -0.2) is 9.97 Å². The number of rotatable bonds is 5. The third-order valence-corrected chi connectivity index (χ3v) is 6.61. The number of aryl methyl sites for hydroxylation is 1. The van der Waals surface area contributed by atoms with Crippen molar-refractivity contribution >= 4 is 45.8 Å². The minimum Gasteiger partial charge on any atom is -0.399 e. The van der Waals surface area contributed by atoms with E-state index < -0.39 is 17.8 Å². The molecule has 0 aliphatic carbocycles. The summed E-state index contributed by atoms with van der Waals surface area (Å²) >= 11 is 1.71. The summed E-state index contributed by atoms with van der Waals surface area (Å²) in [6, 6.07) is 6.50. The van der Waals surface area contributed by atoms with E-state index in [1.54, 1.807) is 49.7 Å². The van der Waals surface area contributed by atoms with Gasteiger partial charge in [0, 0.05) is 36.1 Å². The molecular weight excluding hydrogens is 465 g/mol. The third-order valence-electron chi connectivity index (χ3n) is 5.64. The molecule has 1 amide bonds. The summed E-state index contributed by atoms with van der Waals surface area (Å²) in [5.41, 5.74) is 7.05. The van der Waals surface area contributed by atoms with Crippen molar-refractivity contribution in [2.75, 3.05) is 41.6 Å². The minimum atomic E-state index is -4.50. The van der Waals surface area contributed by atoms with Gasteiger partial charge in [-0.3, -0.25) is 4.79 Å². The highest BCUT2D eigenvalue weighted by Crippen LogP contribution is 2.35. The molecule has 0 saturated carbocycles. The van der Waals surface area contributed by atoms with Gasteiger partial charge in [0.1, 0.15) is 11.6 Å². The molecular formula is C23H25F3N6OS. The van der Waals surface area contributed by atoms with Crippen LogP contribution in [0.3, 0.4) is 0 Å². The Balaban J connectivity index is 1.73. The van der Waals surface area contributed by atoms with Gasteiger partial charge in [0.05, 0.1) is 28.6 Å². The summed E-state index contributed by atoms with van der Waals surface area (Å²) in [7, 11) is 1.73. The van der Waals surface area contributed by atoms with Crippen molar-refractivity contribution < 1.29 is 18.0 Å². The zero-order valence-electron chi connectivity index (χ0n) is 19.0. The number of aromatic nitrogens is 2.